The van der Waals surface area contributed by atoms with Crippen molar-refractivity contribution in [3.63, 3.8) is 0 Å². The molecule has 0 radical (unpaired) electrons. The van der Waals surface area contributed by atoms with Crippen molar-refractivity contribution in [3.8, 4) is 0 Å². The molecule has 3 heterocycles. The molecule has 1 aliphatic carbocycles. The van der Waals surface area contributed by atoms with E-state index >= 15 is 0 Å². The van der Waals surface area contributed by atoms with Gasteiger partial charge >= 0.3 is 6.18 Å². The van der Waals surface area contributed by atoms with Gasteiger partial charge in [0.25, 0.3) is 0 Å². The molecule has 27 heavy (non-hydrogen) atoms. The van der Waals surface area contributed by atoms with Crippen LogP contribution in [0.3, 0.4) is 0 Å². The van der Waals surface area contributed by atoms with Crippen LogP contribution in [0, 0.1) is 12.8 Å². The lowest BCUT2D eigenvalue weighted by atomic mass is 9.80. The average molecular weight is 382 g/mol. The molecule has 1 saturated heterocycles. The van der Waals surface area contributed by atoms with E-state index in [9.17, 15) is 13.2 Å². The molecule has 2 aliphatic rings. The first kappa shape index (κ1) is 18.7. The number of aromatic nitrogens is 3. The first-order valence-electron chi connectivity index (χ1n) is 9.55. The topological polar surface area (TPSA) is 51.5 Å². The molecule has 2 aromatic rings. The standard InChI is InChI=1S/C19H25F3N4O/c1-12-9-16(18(2)11-23-7-8-27-18)26-17(24-12)10-15(25-26)13-3-5-14(6-4-13)19(20,21)22/h9-10,13-14,23H,3-8,11H2,1-2H3/t13-,14-,18?. The summed E-state index contributed by atoms with van der Waals surface area (Å²) in [6.45, 7) is 6.08. The molecule has 0 spiro atoms. The van der Waals surface area contributed by atoms with E-state index < -0.39 is 17.7 Å². The van der Waals surface area contributed by atoms with Crippen LogP contribution in [-0.2, 0) is 10.3 Å². The van der Waals surface area contributed by atoms with Crippen LogP contribution in [-0.4, -0.2) is 40.5 Å². The second-order valence-corrected chi connectivity index (χ2v) is 7.97. The molecular weight excluding hydrogens is 357 g/mol. The Bertz CT molecular complexity index is 818. The Morgan fingerprint density at radius 2 is 1.96 bits per heavy atom. The SMILES string of the molecule is Cc1cc(C2(C)CNCCO2)n2nc([C@H]3CC[C@H](C(F)(F)F)CC3)cc2n1. The normalized spacial score (nSPS) is 30.0. The molecule has 148 valence electrons. The fourth-order valence-electron chi connectivity index (χ4n) is 4.30. The molecule has 0 aromatic carbocycles. The quantitative estimate of drug-likeness (QED) is 0.860. The largest absolute Gasteiger partial charge is 0.391 e. The van der Waals surface area contributed by atoms with E-state index in [0.29, 0.717) is 26.0 Å². The summed E-state index contributed by atoms with van der Waals surface area (Å²) in [6, 6.07) is 3.91. The molecular formula is C19H25F3N4O. The Morgan fingerprint density at radius 3 is 2.59 bits per heavy atom. The van der Waals surface area contributed by atoms with Crippen LogP contribution in [0.2, 0.25) is 0 Å². The Labute approximate surface area is 156 Å². The molecule has 1 saturated carbocycles. The minimum atomic E-state index is -4.09. The van der Waals surface area contributed by atoms with E-state index in [1.807, 2.05) is 30.5 Å². The molecule has 5 nitrogen and oxygen atoms in total. The van der Waals surface area contributed by atoms with E-state index in [4.69, 9.17) is 9.84 Å². The van der Waals surface area contributed by atoms with Crippen molar-refractivity contribution in [3.05, 3.63) is 29.2 Å². The van der Waals surface area contributed by atoms with Gasteiger partial charge < -0.3 is 10.1 Å². The molecule has 2 fully saturated rings. The average Bonchev–Trinajstić information content (AvgIpc) is 3.04. The summed E-state index contributed by atoms with van der Waals surface area (Å²) in [5.41, 5.74) is 2.85. The number of hydrogen-bond acceptors (Lipinski definition) is 4. The van der Waals surface area contributed by atoms with E-state index in [2.05, 4.69) is 10.3 Å². The second kappa shape index (κ2) is 6.74. The number of aryl methyl sites for hydroxylation is 1. The Hall–Kier alpha value is -1.67. The molecule has 8 heteroatoms. The predicted molar refractivity (Wildman–Crippen MR) is 94.7 cm³/mol. The minimum absolute atomic E-state index is 0.0525. The van der Waals surface area contributed by atoms with Gasteiger partial charge in [0.1, 0.15) is 5.60 Å². The first-order valence-corrected chi connectivity index (χ1v) is 9.55. The van der Waals surface area contributed by atoms with Gasteiger partial charge in [-0.05, 0) is 45.6 Å². The van der Waals surface area contributed by atoms with E-state index in [0.717, 1.165) is 29.3 Å². The van der Waals surface area contributed by atoms with Crippen molar-refractivity contribution < 1.29 is 17.9 Å². The summed E-state index contributed by atoms with van der Waals surface area (Å²) in [7, 11) is 0. The monoisotopic (exact) mass is 382 g/mol. The maximum absolute atomic E-state index is 12.9. The lowest BCUT2D eigenvalue weighted by Gasteiger charge is -2.34. The lowest BCUT2D eigenvalue weighted by Crippen LogP contribution is -2.46. The number of halogens is 3. The van der Waals surface area contributed by atoms with Crippen molar-refractivity contribution >= 4 is 5.65 Å². The molecule has 0 bridgehead atoms. The minimum Gasteiger partial charge on any atom is -0.366 e. The number of fused-ring (bicyclic) bond motifs is 1. The fraction of sp³-hybridized carbons (Fsp3) is 0.684. The van der Waals surface area contributed by atoms with Gasteiger partial charge in [0.2, 0.25) is 0 Å². The smallest absolute Gasteiger partial charge is 0.366 e. The number of nitrogens with one attached hydrogen (secondary N) is 1. The zero-order valence-electron chi connectivity index (χ0n) is 15.6. The molecule has 1 atom stereocenters. The molecule has 1 N–H and O–H groups in total. The molecule has 4 rings (SSSR count). The summed E-state index contributed by atoms with van der Waals surface area (Å²) < 4.78 is 46.7. The Kier molecular flexibility index (Phi) is 4.66. The van der Waals surface area contributed by atoms with Crippen molar-refractivity contribution in [2.45, 2.75) is 57.2 Å². The zero-order valence-corrected chi connectivity index (χ0v) is 15.6. The summed E-state index contributed by atoms with van der Waals surface area (Å²) in [5, 5.41) is 8.10. The van der Waals surface area contributed by atoms with Crippen LogP contribution in [0.4, 0.5) is 13.2 Å². The maximum Gasteiger partial charge on any atom is 0.391 e. The number of nitrogens with zero attached hydrogens (tertiary/aromatic N) is 3. The third-order valence-corrected chi connectivity index (χ3v) is 5.89. The Morgan fingerprint density at radius 1 is 1.22 bits per heavy atom. The number of rotatable bonds is 2. The van der Waals surface area contributed by atoms with Crippen LogP contribution in [0.25, 0.3) is 5.65 Å². The zero-order chi connectivity index (χ0) is 19.2. The summed E-state index contributed by atoms with van der Waals surface area (Å²) >= 11 is 0. The van der Waals surface area contributed by atoms with Gasteiger partial charge in [0, 0.05) is 30.8 Å². The van der Waals surface area contributed by atoms with E-state index in [1.165, 1.54) is 0 Å². The van der Waals surface area contributed by atoms with Gasteiger partial charge in [0.15, 0.2) is 5.65 Å². The second-order valence-electron chi connectivity index (χ2n) is 7.97. The van der Waals surface area contributed by atoms with Gasteiger partial charge in [-0.1, -0.05) is 0 Å². The molecule has 1 aliphatic heterocycles. The van der Waals surface area contributed by atoms with Crippen molar-refractivity contribution in [2.75, 3.05) is 19.7 Å². The highest BCUT2D eigenvalue weighted by Crippen LogP contribution is 2.42. The first-order chi connectivity index (χ1) is 12.8. The number of hydrogen-bond donors (Lipinski definition) is 1. The van der Waals surface area contributed by atoms with E-state index in [-0.39, 0.29) is 18.8 Å². The predicted octanol–water partition coefficient (Wildman–Crippen LogP) is 3.71. The van der Waals surface area contributed by atoms with Crippen LogP contribution in [0.15, 0.2) is 12.1 Å². The van der Waals surface area contributed by atoms with Gasteiger partial charge in [-0.25, -0.2) is 9.50 Å². The highest BCUT2D eigenvalue weighted by molar-refractivity contribution is 5.44. The van der Waals surface area contributed by atoms with Crippen LogP contribution in [0.1, 0.15) is 55.6 Å². The maximum atomic E-state index is 12.9. The van der Waals surface area contributed by atoms with E-state index in [1.54, 1.807) is 0 Å². The van der Waals surface area contributed by atoms with Gasteiger partial charge in [-0.15, -0.1) is 0 Å². The van der Waals surface area contributed by atoms with Gasteiger partial charge in [-0.3, -0.25) is 0 Å². The highest BCUT2D eigenvalue weighted by atomic mass is 19.4. The molecule has 2 aromatic heterocycles. The molecule has 0 amide bonds. The Balaban J connectivity index is 1.64. The number of morpholine rings is 1. The van der Waals surface area contributed by atoms with Crippen LogP contribution >= 0.6 is 0 Å². The van der Waals surface area contributed by atoms with Gasteiger partial charge in [0.05, 0.1) is 23.9 Å². The van der Waals surface area contributed by atoms with Gasteiger partial charge in [-0.2, -0.15) is 18.3 Å². The van der Waals surface area contributed by atoms with Crippen LogP contribution in [0.5, 0.6) is 0 Å². The lowest BCUT2D eigenvalue weighted by molar-refractivity contribution is -0.182. The fourth-order valence-corrected chi connectivity index (χ4v) is 4.30. The third kappa shape index (κ3) is 3.57. The van der Waals surface area contributed by atoms with Crippen molar-refractivity contribution in [2.24, 2.45) is 5.92 Å². The van der Waals surface area contributed by atoms with Crippen molar-refractivity contribution in [1.82, 2.24) is 19.9 Å². The third-order valence-electron chi connectivity index (χ3n) is 5.89. The number of ether oxygens (including phenoxy) is 1. The summed E-state index contributed by atoms with van der Waals surface area (Å²) in [6.07, 6.45) is -2.72. The molecule has 1 unspecified atom stereocenters. The highest BCUT2D eigenvalue weighted by Gasteiger charge is 2.42. The number of alkyl halides is 3. The van der Waals surface area contributed by atoms with Crippen molar-refractivity contribution in [1.29, 1.82) is 0 Å². The summed E-state index contributed by atoms with van der Waals surface area (Å²) in [4.78, 5) is 4.58. The summed E-state index contributed by atoms with van der Waals surface area (Å²) in [5.74, 6) is -1.13. The van der Waals surface area contributed by atoms with Crippen LogP contribution < -0.4 is 5.32 Å².